The lowest BCUT2D eigenvalue weighted by Crippen LogP contribution is -2.28. The molecule has 2 atom stereocenters. The zero-order valence-electron chi connectivity index (χ0n) is 16.8. The number of ether oxygens (including phenoxy) is 3. The fourth-order valence-corrected chi connectivity index (χ4v) is 3.74. The minimum Gasteiger partial charge on any atom is -0.495 e. The molecule has 2 aromatic carbocycles. The highest BCUT2D eigenvalue weighted by Gasteiger charge is 2.28. The van der Waals surface area contributed by atoms with Gasteiger partial charge in [-0.25, -0.2) is 0 Å². The van der Waals surface area contributed by atoms with Crippen molar-refractivity contribution in [2.24, 2.45) is 0 Å². The molecule has 2 aromatic rings. The largest absolute Gasteiger partial charge is 0.495 e. The molecule has 0 aliphatic heterocycles. The highest BCUT2D eigenvalue weighted by molar-refractivity contribution is 9.10. The van der Waals surface area contributed by atoms with Gasteiger partial charge in [-0.1, -0.05) is 57.9 Å². The number of thiocarbonyl (C=S) groups is 1. The van der Waals surface area contributed by atoms with Crippen molar-refractivity contribution in [1.29, 1.82) is 0 Å². The summed E-state index contributed by atoms with van der Waals surface area (Å²) >= 11 is 15.5. The van der Waals surface area contributed by atoms with E-state index < -0.39 is 12.2 Å². The van der Waals surface area contributed by atoms with Crippen LogP contribution >= 0.6 is 39.7 Å². The van der Waals surface area contributed by atoms with Gasteiger partial charge < -0.3 is 14.2 Å². The molecule has 0 aliphatic carbocycles. The van der Waals surface area contributed by atoms with Gasteiger partial charge in [0.15, 0.2) is 0 Å². The van der Waals surface area contributed by atoms with Crippen molar-refractivity contribution >= 4 is 50.6 Å². The Kier molecular flexibility index (Phi) is 9.08. The number of aryl methyl sites for hydroxylation is 1. The third-order valence-corrected chi connectivity index (χ3v) is 5.59. The maximum Gasteiger partial charge on any atom is 0.308 e. The summed E-state index contributed by atoms with van der Waals surface area (Å²) in [5.41, 5.74) is 2.67. The molecule has 0 fully saturated rings. The van der Waals surface area contributed by atoms with Gasteiger partial charge in [-0.3, -0.25) is 4.79 Å². The Morgan fingerprint density at radius 2 is 1.97 bits per heavy atom. The van der Waals surface area contributed by atoms with Gasteiger partial charge in [0.1, 0.15) is 18.0 Å². The Morgan fingerprint density at radius 3 is 2.59 bits per heavy atom. The van der Waals surface area contributed by atoms with Crippen LogP contribution < -0.4 is 4.74 Å². The van der Waals surface area contributed by atoms with Crippen LogP contribution in [0.15, 0.2) is 40.9 Å². The number of carbonyl (C=O) groups excluding carboxylic acids is 1. The number of methoxy groups -OCH3 is 1. The summed E-state index contributed by atoms with van der Waals surface area (Å²) in [6.07, 6.45) is -1.11. The molecule has 0 heterocycles. The third kappa shape index (κ3) is 6.25. The fraction of sp³-hybridized carbons (Fsp3) is 0.364. The second-order valence-electron chi connectivity index (χ2n) is 6.49. The van der Waals surface area contributed by atoms with Gasteiger partial charge in [0.2, 0.25) is 0 Å². The molecule has 7 heteroatoms. The van der Waals surface area contributed by atoms with E-state index in [0.29, 0.717) is 22.2 Å². The number of benzene rings is 2. The first-order valence-electron chi connectivity index (χ1n) is 9.18. The highest BCUT2D eigenvalue weighted by Crippen LogP contribution is 2.39. The summed E-state index contributed by atoms with van der Waals surface area (Å²) in [6.45, 7) is 5.83. The van der Waals surface area contributed by atoms with Crippen LogP contribution in [0.5, 0.6) is 5.75 Å². The molecule has 0 radical (unpaired) electrons. The summed E-state index contributed by atoms with van der Waals surface area (Å²) in [5.74, 6) is 0.189. The average Bonchev–Trinajstić information content (AvgIpc) is 2.67. The van der Waals surface area contributed by atoms with E-state index in [-0.39, 0.29) is 12.4 Å². The van der Waals surface area contributed by atoms with Crippen molar-refractivity contribution in [2.75, 3.05) is 13.7 Å². The van der Waals surface area contributed by atoms with Crippen LogP contribution in [0.4, 0.5) is 0 Å². The maximum absolute atomic E-state index is 12.1. The molecule has 156 valence electrons. The van der Waals surface area contributed by atoms with E-state index in [1.54, 1.807) is 27.0 Å². The quantitative estimate of drug-likeness (QED) is 0.302. The van der Waals surface area contributed by atoms with Crippen LogP contribution in [0.1, 0.15) is 43.1 Å². The van der Waals surface area contributed by atoms with Gasteiger partial charge in [0.25, 0.3) is 0 Å². The van der Waals surface area contributed by atoms with Crippen molar-refractivity contribution in [3.05, 3.63) is 62.6 Å². The fourth-order valence-electron chi connectivity index (χ4n) is 2.92. The maximum atomic E-state index is 12.1. The summed E-state index contributed by atoms with van der Waals surface area (Å²) in [4.78, 5) is 12.6. The van der Waals surface area contributed by atoms with Gasteiger partial charge in [0.05, 0.1) is 25.2 Å². The van der Waals surface area contributed by atoms with Gasteiger partial charge >= 0.3 is 5.97 Å². The standard InChI is InChI=1S/C22H24BrClO4S/c1-5-27-20(25)12-19(14(3)29)28-22(17-11-15(23)10-9-13(17)2)16-7-6-8-18(26-4)21(16)24/h6-11,19,22H,5,12H2,1-4H3/t19-,22-/m1/s1. The second-order valence-corrected chi connectivity index (χ2v) is 8.43. The summed E-state index contributed by atoms with van der Waals surface area (Å²) in [7, 11) is 1.57. The van der Waals surface area contributed by atoms with Gasteiger partial charge in [0, 0.05) is 14.9 Å². The topological polar surface area (TPSA) is 44.8 Å². The number of hydrogen-bond acceptors (Lipinski definition) is 5. The van der Waals surface area contributed by atoms with Gasteiger partial charge in [-0.15, -0.1) is 0 Å². The molecule has 0 saturated heterocycles. The summed E-state index contributed by atoms with van der Waals surface area (Å²) in [5, 5.41) is 0.455. The normalized spacial score (nSPS) is 12.9. The van der Waals surface area contributed by atoms with Crippen molar-refractivity contribution in [3.63, 3.8) is 0 Å². The van der Waals surface area contributed by atoms with Crippen LogP contribution in [0, 0.1) is 6.92 Å². The zero-order chi connectivity index (χ0) is 21.6. The molecule has 0 amide bonds. The Morgan fingerprint density at radius 1 is 1.24 bits per heavy atom. The van der Waals surface area contributed by atoms with E-state index in [1.165, 1.54) is 0 Å². The molecule has 0 aromatic heterocycles. The van der Waals surface area contributed by atoms with Crippen molar-refractivity contribution in [1.82, 2.24) is 0 Å². The molecular formula is C22H24BrClO4S. The lowest BCUT2D eigenvalue weighted by molar-refractivity contribution is -0.145. The molecule has 0 unspecified atom stereocenters. The molecule has 2 rings (SSSR count). The van der Waals surface area contributed by atoms with Crippen molar-refractivity contribution < 1.29 is 19.0 Å². The summed E-state index contributed by atoms with van der Waals surface area (Å²) < 4.78 is 17.8. The lowest BCUT2D eigenvalue weighted by Gasteiger charge is -2.27. The zero-order valence-corrected chi connectivity index (χ0v) is 20.0. The third-order valence-electron chi connectivity index (χ3n) is 4.43. The minimum atomic E-state index is -0.602. The minimum absolute atomic E-state index is 0.0360. The van der Waals surface area contributed by atoms with E-state index in [1.807, 2.05) is 37.3 Å². The van der Waals surface area contributed by atoms with Crippen LogP contribution in [0.25, 0.3) is 0 Å². The first kappa shape index (κ1) is 23.8. The SMILES string of the molecule is CCOC(=O)C[C@@H](O[C@@H](c1cc(Br)ccc1C)c1cccc(OC)c1Cl)C(C)=S. The first-order chi connectivity index (χ1) is 13.8. The average molecular weight is 500 g/mol. The Labute approximate surface area is 190 Å². The number of carbonyl (C=O) groups is 1. The predicted molar refractivity (Wildman–Crippen MR) is 123 cm³/mol. The molecule has 4 nitrogen and oxygen atoms in total. The molecular weight excluding hydrogens is 476 g/mol. The lowest BCUT2D eigenvalue weighted by atomic mass is 9.96. The van der Waals surface area contributed by atoms with Crippen LogP contribution in [-0.2, 0) is 14.3 Å². The Hall–Kier alpha value is -1.47. The molecule has 0 N–H and O–H groups in total. The second kappa shape index (κ2) is 11.1. The summed E-state index contributed by atoms with van der Waals surface area (Å²) in [6, 6.07) is 11.5. The van der Waals surface area contributed by atoms with E-state index >= 15 is 0 Å². The Balaban J connectivity index is 2.54. The van der Waals surface area contributed by atoms with Gasteiger partial charge in [-0.05, 0) is 50.1 Å². The van der Waals surface area contributed by atoms with Crippen molar-refractivity contribution in [2.45, 2.75) is 39.4 Å². The monoisotopic (exact) mass is 498 g/mol. The van der Waals surface area contributed by atoms with E-state index in [9.17, 15) is 4.79 Å². The number of esters is 1. The molecule has 29 heavy (non-hydrogen) atoms. The Bertz CT molecular complexity index is 887. The van der Waals surface area contributed by atoms with Crippen LogP contribution in [0.3, 0.4) is 0 Å². The van der Waals surface area contributed by atoms with E-state index in [2.05, 4.69) is 15.9 Å². The molecule has 0 spiro atoms. The molecule has 0 saturated carbocycles. The van der Waals surface area contributed by atoms with E-state index in [4.69, 9.17) is 38.0 Å². The van der Waals surface area contributed by atoms with Gasteiger partial charge in [-0.2, -0.15) is 0 Å². The number of halogens is 2. The highest BCUT2D eigenvalue weighted by atomic mass is 79.9. The molecule has 0 aliphatic rings. The molecule has 0 bridgehead atoms. The van der Waals surface area contributed by atoms with E-state index in [0.717, 1.165) is 21.2 Å². The van der Waals surface area contributed by atoms with Crippen LogP contribution in [0.2, 0.25) is 5.02 Å². The van der Waals surface area contributed by atoms with Crippen LogP contribution in [-0.4, -0.2) is 30.7 Å². The predicted octanol–water partition coefficient (Wildman–Crippen LogP) is 6.24. The first-order valence-corrected chi connectivity index (χ1v) is 10.8. The van der Waals surface area contributed by atoms with Crippen molar-refractivity contribution in [3.8, 4) is 5.75 Å². The number of rotatable bonds is 9. The number of hydrogen-bond donors (Lipinski definition) is 0. The smallest absolute Gasteiger partial charge is 0.308 e.